The lowest BCUT2D eigenvalue weighted by atomic mass is 10.2. The summed E-state index contributed by atoms with van der Waals surface area (Å²) in [6, 6.07) is 1.51. The van der Waals surface area contributed by atoms with Gasteiger partial charge < -0.3 is 10.3 Å². The summed E-state index contributed by atoms with van der Waals surface area (Å²) in [5.74, 6) is 0.367. The second-order valence-corrected chi connectivity index (χ2v) is 3.18. The molecule has 14 heavy (non-hydrogen) atoms. The third kappa shape index (κ3) is 2.85. The van der Waals surface area contributed by atoms with Crippen molar-refractivity contribution in [2.24, 2.45) is 5.73 Å². The summed E-state index contributed by atoms with van der Waals surface area (Å²) in [6.07, 6.45) is 0.669. The summed E-state index contributed by atoms with van der Waals surface area (Å²) in [7, 11) is 0. The molecular formula is C9H15N3O2. The lowest BCUT2D eigenvalue weighted by molar-refractivity contribution is -0.120. The van der Waals surface area contributed by atoms with Gasteiger partial charge >= 0.3 is 0 Å². The Kier molecular flexibility index (Phi) is 3.64. The Morgan fingerprint density at radius 3 is 2.93 bits per heavy atom. The minimum atomic E-state index is -0.344. The van der Waals surface area contributed by atoms with Crippen LogP contribution < -0.4 is 11.1 Å². The van der Waals surface area contributed by atoms with Crippen LogP contribution in [0.4, 0.5) is 0 Å². The Labute approximate surface area is 82.6 Å². The summed E-state index contributed by atoms with van der Waals surface area (Å²) in [4.78, 5) is 10.9. The molecule has 1 unspecified atom stereocenters. The number of carbonyl (C=O) groups excluding carboxylic acids is 1. The number of aryl methyl sites for hydroxylation is 1. The standard InChI is InChI=1S/C9H15N3O2/c1-3-8(9(10)13)11-5-7-4-6(2)12-14-7/h4,8,11H,3,5H2,1-2H3,(H2,10,13). The van der Waals surface area contributed by atoms with E-state index < -0.39 is 0 Å². The number of nitrogens with zero attached hydrogens (tertiary/aromatic N) is 1. The maximum atomic E-state index is 10.9. The number of primary amides is 1. The molecule has 0 bridgehead atoms. The van der Waals surface area contributed by atoms with Crippen LogP contribution in [0.5, 0.6) is 0 Å². The molecule has 3 N–H and O–H groups in total. The van der Waals surface area contributed by atoms with Crippen LogP contribution in [0.1, 0.15) is 24.8 Å². The van der Waals surface area contributed by atoms with Gasteiger partial charge in [-0.25, -0.2) is 0 Å². The van der Waals surface area contributed by atoms with E-state index >= 15 is 0 Å². The summed E-state index contributed by atoms with van der Waals surface area (Å²) in [6.45, 7) is 4.22. The Hall–Kier alpha value is -1.36. The molecule has 0 aliphatic carbocycles. The van der Waals surface area contributed by atoms with Gasteiger partial charge in [0.25, 0.3) is 0 Å². The van der Waals surface area contributed by atoms with Gasteiger partial charge in [-0.15, -0.1) is 0 Å². The van der Waals surface area contributed by atoms with Crippen LogP contribution in [0.15, 0.2) is 10.6 Å². The number of aromatic nitrogens is 1. The average Bonchev–Trinajstić information content (AvgIpc) is 2.52. The SMILES string of the molecule is CCC(NCc1cc(C)no1)C(N)=O. The van der Waals surface area contributed by atoms with Crippen molar-refractivity contribution >= 4 is 5.91 Å². The molecule has 0 aliphatic heterocycles. The second kappa shape index (κ2) is 4.76. The van der Waals surface area contributed by atoms with Crippen molar-refractivity contribution in [2.45, 2.75) is 32.9 Å². The predicted octanol–water partition coefficient (Wildman–Crippen LogP) is 0.337. The topological polar surface area (TPSA) is 81.2 Å². The van der Waals surface area contributed by atoms with Gasteiger partial charge in [-0.3, -0.25) is 10.1 Å². The van der Waals surface area contributed by atoms with Crippen molar-refractivity contribution in [1.29, 1.82) is 0 Å². The molecule has 0 fully saturated rings. The summed E-state index contributed by atoms with van der Waals surface area (Å²) in [5.41, 5.74) is 6.00. The van der Waals surface area contributed by atoms with E-state index in [1.165, 1.54) is 0 Å². The molecule has 0 radical (unpaired) electrons. The van der Waals surface area contributed by atoms with Gasteiger partial charge in [-0.2, -0.15) is 0 Å². The Balaban J connectivity index is 2.43. The van der Waals surface area contributed by atoms with Crippen molar-refractivity contribution in [3.05, 3.63) is 17.5 Å². The lowest BCUT2D eigenvalue weighted by Gasteiger charge is -2.10. The molecule has 0 spiro atoms. The zero-order chi connectivity index (χ0) is 10.6. The first-order chi connectivity index (χ1) is 6.63. The van der Waals surface area contributed by atoms with Gasteiger partial charge in [-0.1, -0.05) is 12.1 Å². The van der Waals surface area contributed by atoms with E-state index in [4.69, 9.17) is 10.3 Å². The van der Waals surface area contributed by atoms with Crippen molar-refractivity contribution in [3.8, 4) is 0 Å². The van der Waals surface area contributed by atoms with Gasteiger partial charge in [0.15, 0.2) is 5.76 Å². The first kappa shape index (κ1) is 10.7. The fourth-order valence-corrected chi connectivity index (χ4v) is 1.17. The molecular weight excluding hydrogens is 182 g/mol. The molecule has 1 heterocycles. The third-order valence-corrected chi connectivity index (χ3v) is 1.95. The number of nitrogens with one attached hydrogen (secondary N) is 1. The minimum absolute atomic E-state index is 0.305. The third-order valence-electron chi connectivity index (χ3n) is 1.95. The number of amides is 1. The molecule has 1 amide bonds. The van der Waals surface area contributed by atoms with E-state index in [1.807, 2.05) is 19.9 Å². The van der Waals surface area contributed by atoms with E-state index in [1.54, 1.807) is 0 Å². The number of nitrogens with two attached hydrogens (primary N) is 1. The van der Waals surface area contributed by atoms with E-state index in [0.29, 0.717) is 18.7 Å². The maximum absolute atomic E-state index is 10.9. The normalized spacial score (nSPS) is 12.7. The predicted molar refractivity (Wildman–Crippen MR) is 51.4 cm³/mol. The smallest absolute Gasteiger partial charge is 0.234 e. The van der Waals surface area contributed by atoms with Gasteiger partial charge in [0.2, 0.25) is 5.91 Å². The molecule has 0 saturated heterocycles. The van der Waals surface area contributed by atoms with Crippen LogP contribution >= 0.6 is 0 Å². The van der Waals surface area contributed by atoms with E-state index in [-0.39, 0.29) is 11.9 Å². The van der Waals surface area contributed by atoms with Crippen LogP contribution in [0.3, 0.4) is 0 Å². The van der Waals surface area contributed by atoms with Crippen molar-refractivity contribution in [2.75, 3.05) is 0 Å². The zero-order valence-corrected chi connectivity index (χ0v) is 8.41. The molecule has 1 aromatic heterocycles. The van der Waals surface area contributed by atoms with Gasteiger partial charge in [0.05, 0.1) is 18.3 Å². The highest BCUT2D eigenvalue weighted by molar-refractivity contribution is 5.79. The van der Waals surface area contributed by atoms with E-state index in [9.17, 15) is 4.79 Å². The summed E-state index contributed by atoms with van der Waals surface area (Å²) < 4.78 is 4.97. The van der Waals surface area contributed by atoms with Crippen LogP contribution in [0, 0.1) is 6.92 Å². The Bertz CT molecular complexity index is 309. The molecule has 5 heteroatoms. The van der Waals surface area contributed by atoms with Crippen LogP contribution in [0.25, 0.3) is 0 Å². The van der Waals surface area contributed by atoms with Gasteiger partial charge in [0, 0.05) is 6.07 Å². The molecule has 0 aromatic carbocycles. The monoisotopic (exact) mass is 197 g/mol. The first-order valence-corrected chi connectivity index (χ1v) is 4.58. The van der Waals surface area contributed by atoms with Crippen LogP contribution in [0.2, 0.25) is 0 Å². The minimum Gasteiger partial charge on any atom is -0.368 e. The molecule has 78 valence electrons. The van der Waals surface area contributed by atoms with Crippen molar-refractivity contribution in [1.82, 2.24) is 10.5 Å². The number of hydrogen-bond acceptors (Lipinski definition) is 4. The maximum Gasteiger partial charge on any atom is 0.234 e. The number of rotatable bonds is 5. The average molecular weight is 197 g/mol. The highest BCUT2D eigenvalue weighted by Gasteiger charge is 2.12. The van der Waals surface area contributed by atoms with E-state index in [0.717, 1.165) is 5.69 Å². The zero-order valence-electron chi connectivity index (χ0n) is 8.41. The molecule has 1 aromatic rings. The fraction of sp³-hybridized carbons (Fsp3) is 0.556. The highest BCUT2D eigenvalue weighted by Crippen LogP contribution is 2.02. The Morgan fingerprint density at radius 1 is 1.79 bits per heavy atom. The Morgan fingerprint density at radius 2 is 2.50 bits per heavy atom. The summed E-state index contributed by atoms with van der Waals surface area (Å²) in [5, 5.41) is 6.72. The van der Waals surface area contributed by atoms with Crippen molar-refractivity contribution in [3.63, 3.8) is 0 Å². The summed E-state index contributed by atoms with van der Waals surface area (Å²) >= 11 is 0. The fourth-order valence-electron chi connectivity index (χ4n) is 1.17. The molecule has 0 aliphatic rings. The number of carbonyl (C=O) groups is 1. The van der Waals surface area contributed by atoms with Gasteiger partial charge in [0.1, 0.15) is 0 Å². The largest absolute Gasteiger partial charge is 0.368 e. The van der Waals surface area contributed by atoms with E-state index in [2.05, 4.69) is 10.5 Å². The second-order valence-electron chi connectivity index (χ2n) is 3.18. The van der Waals surface area contributed by atoms with Crippen molar-refractivity contribution < 1.29 is 9.32 Å². The van der Waals surface area contributed by atoms with Gasteiger partial charge in [-0.05, 0) is 13.3 Å². The molecule has 1 rings (SSSR count). The lowest BCUT2D eigenvalue weighted by Crippen LogP contribution is -2.40. The molecule has 1 atom stereocenters. The quantitative estimate of drug-likeness (QED) is 0.713. The molecule has 5 nitrogen and oxygen atoms in total. The molecule has 0 saturated carbocycles. The van der Waals surface area contributed by atoms with Crippen LogP contribution in [-0.2, 0) is 11.3 Å². The first-order valence-electron chi connectivity index (χ1n) is 4.58. The number of hydrogen-bond donors (Lipinski definition) is 2. The van der Waals surface area contributed by atoms with Crippen LogP contribution in [-0.4, -0.2) is 17.1 Å². The highest BCUT2D eigenvalue weighted by atomic mass is 16.5.